The van der Waals surface area contributed by atoms with Crippen molar-refractivity contribution in [1.29, 1.82) is 0 Å². The van der Waals surface area contributed by atoms with Crippen LogP contribution in [0.4, 0.5) is 27.6 Å². The number of halogens is 5. The van der Waals surface area contributed by atoms with E-state index < -0.39 is 36.2 Å². The monoisotopic (exact) mass is 522 g/mol. The number of fused-ring (bicyclic) bond motifs is 3. The molecule has 37 heavy (non-hydrogen) atoms. The summed E-state index contributed by atoms with van der Waals surface area (Å²) >= 11 is 0. The Morgan fingerprint density at radius 3 is 2.51 bits per heavy atom. The lowest BCUT2D eigenvalue weighted by molar-refractivity contribution is -0.244. The summed E-state index contributed by atoms with van der Waals surface area (Å²) in [7, 11) is 0. The van der Waals surface area contributed by atoms with Crippen LogP contribution >= 0.6 is 0 Å². The van der Waals surface area contributed by atoms with Crippen LogP contribution in [0, 0.1) is 11.6 Å². The number of alkyl halides is 3. The fourth-order valence-corrected chi connectivity index (χ4v) is 5.39. The summed E-state index contributed by atoms with van der Waals surface area (Å²) in [6.45, 7) is 3.23. The molecule has 3 aromatic rings. The number of hydrogen-bond donors (Lipinski definition) is 2. The minimum Gasteiger partial charge on any atom is -0.380 e. The molecule has 2 atom stereocenters. The van der Waals surface area contributed by atoms with Crippen LogP contribution in [0.1, 0.15) is 43.1 Å². The van der Waals surface area contributed by atoms with Gasteiger partial charge in [-0.05, 0) is 43.5 Å². The maximum atomic E-state index is 15.7. The Balaban J connectivity index is 1.48. The van der Waals surface area contributed by atoms with Crippen molar-refractivity contribution in [2.24, 2.45) is 0 Å². The number of benzene rings is 2. The molecule has 2 N–H and O–H groups in total. The normalized spacial score (nSPS) is 21.3. The first-order valence-corrected chi connectivity index (χ1v) is 12.6. The summed E-state index contributed by atoms with van der Waals surface area (Å²) in [5.41, 5.74) is 2.25. The summed E-state index contributed by atoms with van der Waals surface area (Å²) in [4.78, 5) is 10.9. The Labute approximate surface area is 212 Å². The van der Waals surface area contributed by atoms with Gasteiger partial charge in [-0.15, -0.1) is 0 Å². The lowest BCUT2D eigenvalue weighted by Gasteiger charge is -2.41. The van der Waals surface area contributed by atoms with Crippen LogP contribution in [0.5, 0.6) is 0 Å². The number of H-pyrrole nitrogens is 1. The molecule has 2 aliphatic heterocycles. The number of nitrogens with zero attached hydrogens (tertiary/aromatic N) is 2. The summed E-state index contributed by atoms with van der Waals surface area (Å²) in [5.74, 6) is -4.70. The number of aromatic nitrogens is 1. The molecule has 2 aliphatic rings. The van der Waals surface area contributed by atoms with Gasteiger partial charge in [0.15, 0.2) is 0 Å². The molecule has 0 unspecified atom stereocenters. The van der Waals surface area contributed by atoms with E-state index in [1.54, 1.807) is 6.92 Å². The van der Waals surface area contributed by atoms with E-state index in [9.17, 15) is 13.2 Å². The van der Waals surface area contributed by atoms with E-state index in [1.807, 2.05) is 24.3 Å². The standard InChI is InChI=1S/C27H31F5N4O/c1-16-10-20-19-6-3-4-7-23(19)34-25(20)26(36(16)37-15-27(2,31)32)24-21(29)11-17(12-22(24)30)33-18-13-35(14-18)9-5-8-28/h3-4,6-7,11-12,16,18,26,33-34H,5,8-10,13-15H2,1-2H3/t16-,26-/m1/s1. The Morgan fingerprint density at radius 2 is 1.84 bits per heavy atom. The van der Waals surface area contributed by atoms with E-state index in [-0.39, 0.29) is 18.3 Å². The van der Waals surface area contributed by atoms with E-state index in [4.69, 9.17) is 4.84 Å². The van der Waals surface area contributed by atoms with Gasteiger partial charge < -0.3 is 10.3 Å². The predicted molar refractivity (Wildman–Crippen MR) is 133 cm³/mol. The van der Waals surface area contributed by atoms with E-state index in [1.165, 1.54) is 17.2 Å². The van der Waals surface area contributed by atoms with Crippen molar-refractivity contribution in [3.63, 3.8) is 0 Å². The summed E-state index contributed by atoms with van der Waals surface area (Å²) in [6, 6.07) is 8.52. The van der Waals surface area contributed by atoms with Crippen LogP contribution in [0.3, 0.4) is 0 Å². The molecule has 3 heterocycles. The molecular weight excluding hydrogens is 491 g/mol. The highest BCUT2D eigenvalue weighted by Crippen LogP contribution is 2.43. The highest BCUT2D eigenvalue weighted by molar-refractivity contribution is 5.85. The molecule has 1 aromatic heterocycles. The van der Waals surface area contributed by atoms with E-state index in [0.717, 1.165) is 23.4 Å². The number of para-hydroxylation sites is 1. The molecule has 0 saturated carbocycles. The summed E-state index contributed by atoms with van der Waals surface area (Å²) in [5, 5.41) is 5.35. The number of hydrogen-bond acceptors (Lipinski definition) is 4. The Morgan fingerprint density at radius 1 is 1.14 bits per heavy atom. The molecule has 5 nitrogen and oxygen atoms in total. The second kappa shape index (κ2) is 10.2. The quantitative estimate of drug-likeness (QED) is 0.348. The number of aromatic amines is 1. The fraction of sp³-hybridized carbons (Fsp3) is 0.481. The Kier molecular flexibility index (Phi) is 7.17. The number of anilines is 1. The van der Waals surface area contributed by atoms with E-state index in [0.29, 0.717) is 43.9 Å². The SMILES string of the molecule is C[C@@H]1Cc2c([nH]c3ccccc23)[C@@H](c2c(F)cc(NC3CN(CCCF)C3)cc2F)N1OCC(C)(F)F. The van der Waals surface area contributed by atoms with Gasteiger partial charge >= 0.3 is 0 Å². The highest BCUT2D eigenvalue weighted by Gasteiger charge is 2.41. The minimum absolute atomic E-state index is 0.00545. The third kappa shape index (κ3) is 5.32. The third-order valence-corrected chi connectivity index (χ3v) is 7.06. The van der Waals surface area contributed by atoms with Crippen molar-refractivity contribution in [3.05, 3.63) is 64.9 Å². The van der Waals surface area contributed by atoms with Crippen LogP contribution in [-0.4, -0.2) is 65.9 Å². The topological polar surface area (TPSA) is 43.5 Å². The van der Waals surface area contributed by atoms with Crippen molar-refractivity contribution >= 4 is 16.6 Å². The van der Waals surface area contributed by atoms with Crippen LogP contribution in [0.25, 0.3) is 10.9 Å². The van der Waals surface area contributed by atoms with Gasteiger partial charge in [-0.3, -0.25) is 14.1 Å². The number of hydroxylamine groups is 2. The molecule has 200 valence electrons. The van der Waals surface area contributed by atoms with Crippen molar-refractivity contribution in [1.82, 2.24) is 14.9 Å². The number of likely N-dealkylation sites (tertiary alicyclic amines) is 1. The molecular formula is C27H31F5N4O. The van der Waals surface area contributed by atoms with Gasteiger partial charge in [-0.1, -0.05) is 18.2 Å². The van der Waals surface area contributed by atoms with Crippen molar-refractivity contribution in [2.45, 2.75) is 50.7 Å². The van der Waals surface area contributed by atoms with E-state index in [2.05, 4.69) is 15.2 Å². The van der Waals surface area contributed by atoms with Gasteiger partial charge in [0.25, 0.3) is 5.92 Å². The molecule has 0 amide bonds. The van der Waals surface area contributed by atoms with Gasteiger partial charge in [0.1, 0.15) is 24.3 Å². The average Bonchev–Trinajstić information content (AvgIpc) is 3.17. The molecule has 0 bridgehead atoms. The maximum absolute atomic E-state index is 15.7. The van der Waals surface area contributed by atoms with Gasteiger partial charge in [0.2, 0.25) is 0 Å². The molecule has 0 spiro atoms. The number of rotatable bonds is 9. The zero-order chi connectivity index (χ0) is 26.3. The van der Waals surface area contributed by atoms with Gasteiger partial charge in [0.05, 0.1) is 12.7 Å². The molecule has 2 aromatic carbocycles. The van der Waals surface area contributed by atoms with Crippen molar-refractivity contribution in [3.8, 4) is 0 Å². The average molecular weight is 523 g/mol. The lowest BCUT2D eigenvalue weighted by Crippen LogP contribution is -2.54. The van der Waals surface area contributed by atoms with Crippen LogP contribution in [0.15, 0.2) is 36.4 Å². The van der Waals surface area contributed by atoms with Crippen LogP contribution < -0.4 is 5.32 Å². The van der Waals surface area contributed by atoms with Crippen molar-refractivity contribution < 1.29 is 26.8 Å². The lowest BCUT2D eigenvalue weighted by atomic mass is 9.89. The summed E-state index contributed by atoms with van der Waals surface area (Å²) in [6.07, 6.45) is 0.928. The first-order valence-electron chi connectivity index (χ1n) is 12.6. The van der Waals surface area contributed by atoms with Crippen LogP contribution in [-0.2, 0) is 11.3 Å². The van der Waals surface area contributed by atoms with Gasteiger partial charge in [-0.25, -0.2) is 17.6 Å². The smallest absolute Gasteiger partial charge is 0.270 e. The fourth-order valence-electron chi connectivity index (χ4n) is 5.39. The van der Waals surface area contributed by atoms with Crippen LogP contribution in [0.2, 0.25) is 0 Å². The molecule has 10 heteroatoms. The second-order valence-electron chi connectivity index (χ2n) is 10.2. The van der Waals surface area contributed by atoms with Gasteiger partial charge in [-0.2, -0.15) is 5.06 Å². The Hall–Kier alpha value is -2.69. The predicted octanol–water partition coefficient (Wildman–Crippen LogP) is 5.82. The zero-order valence-electron chi connectivity index (χ0n) is 20.8. The molecule has 1 fully saturated rings. The van der Waals surface area contributed by atoms with Crippen molar-refractivity contribution in [2.75, 3.05) is 38.2 Å². The molecule has 0 radical (unpaired) electrons. The molecule has 0 aliphatic carbocycles. The van der Waals surface area contributed by atoms with E-state index >= 15 is 8.78 Å². The first-order chi connectivity index (χ1) is 17.6. The highest BCUT2D eigenvalue weighted by atomic mass is 19.3. The second-order valence-corrected chi connectivity index (χ2v) is 10.2. The maximum Gasteiger partial charge on any atom is 0.270 e. The van der Waals surface area contributed by atoms with Gasteiger partial charge in [0, 0.05) is 60.4 Å². The molecule has 1 saturated heterocycles. The number of nitrogens with one attached hydrogen (secondary N) is 2. The zero-order valence-corrected chi connectivity index (χ0v) is 20.8. The largest absolute Gasteiger partial charge is 0.380 e. The first kappa shape index (κ1) is 25.9. The minimum atomic E-state index is -3.11. The Bertz CT molecular complexity index is 1230. The summed E-state index contributed by atoms with van der Waals surface area (Å²) < 4.78 is 71.1. The molecule has 5 rings (SSSR count). The third-order valence-electron chi connectivity index (χ3n) is 7.06.